The van der Waals surface area contributed by atoms with E-state index in [0.29, 0.717) is 5.56 Å². The summed E-state index contributed by atoms with van der Waals surface area (Å²) in [6, 6.07) is 3.71. The standard InChI is InChI=1S/C16H17N3O6S/c1-6-11(15(23)24)19-13(22)10(14(19)26-16(6)25)18-12(21)9(17)7-2-4-8(20)5-3-7/h2-5,9-10,14,16,20,25H,17H2,1H3,(H,18,21)(H,23,24)/t9-,10-,14-,16?/m1/s1. The van der Waals surface area contributed by atoms with Crippen LogP contribution in [0, 0.1) is 0 Å². The molecule has 0 aliphatic carbocycles. The van der Waals surface area contributed by atoms with Crippen molar-refractivity contribution >= 4 is 29.5 Å². The summed E-state index contributed by atoms with van der Waals surface area (Å²) in [5.41, 5.74) is 5.15. The molecule has 3 rings (SSSR count). The lowest BCUT2D eigenvalue weighted by Crippen LogP contribution is -2.71. The summed E-state index contributed by atoms with van der Waals surface area (Å²) < 4.78 is 0. The van der Waals surface area contributed by atoms with Gasteiger partial charge in [0.15, 0.2) is 0 Å². The molecule has 138 valence electrons. The van der Waals surface area contributed by atoms with E-state index in [0.717, 1.165) is 16.7 Å². The number of carbonyl (C=O) groups excluding carboxylic acids is 2. The number of nitrogens with zero attached hydrogens (tertiary/aromatic N) is 1. The number of aromatic hydroxyl groups is 1. The molecule has 0 saturated carbocycles. The highest BCUT2D eigenvalue weighted by atomic mass is 32.2. The number of nitrogens with one attached hydrogen (secondary N) is 1. The van der Waals surface area contributed by atoms with Crippen molar-refractivity contribution < 1.29 is 29.7 Å². The number of fused-ring (bicyclic) bond motifs is 1. The summed E-state index contributed by atoms with van der Waals surface area (Å²) in [6.45, 7) is 1.44. The van der Waals surface area contributed by atoms with Crippen LogP contribution in [0.1, 0.15) is 18.5 Å². The molecule has 1 saturated heterocycles. The van der Waals surface area contributed by atoms with E-state index in [4.69, 9.17) is 5.73 Å². The molecule has 26 heavy (non-hydrogen) atoms. The Balaban J connectivity index is 1.74. The van der Waals surface area contributed by atoms with Crippen LogP contribution in [0.5, 0.6) is 5.75 Å². The number of aliphatic hydroxyl groups is 1. The van der Waals surface area contributed by atoms with Crippen molar-refractivity contribution in [3.05, 3.63) is 41.1 Å². The zero-order valence-corrected chi connectivity index (χ0v) is 14.4. The molecule has 4 atom stereocenters. The molecule has 1 aromatic rings. The van der Waals surface area contributed by atoms with Crippen LogP contribution < -0.4 is 11.1 Å². The van der Waals surface area contributed by atoms with Crippen molar-refractivity contribution in [1.29, 1.82) is 0 Å². The second kappa shape index (κ2) is 6.63. The largest absolute Gasteiger partial charge is 0.508 e. The van der Waals surface area contributed by atoms with Crippen LogP contribution in [0.2, 0.25) is 0 Å². The zero-order chi connectivity index (χ0) is 19.2. The molecule has 0 spiro atoms. The van der Waals surface area contributed by atoms with E-state index < -0.39 is 40.7 Å². The summed E-state index contributed by atoms with van der Waals surface area (Å²) in [6.07, 6.45) is 0. The molecule has 1 fully saturated rings. The van der Waals surface area contributed by atoms with Crippen LogP contribution in [-0.2, 0) is 14.4 Å². The maximum atomic E-state index is 12.3. The van der Waals surface area contributed by atoms with Gasteiger partial charge in [-0.05, 0) is 30.2 Å². The molecule has 2 heterocycles. The molecule has 0 radical (unpaired) electrons. The van der Waals surface area contributed by atoms with Crippen LogP contribution in [0.4, 0.5) is 0 Å². The highest BCUT2D eigenvalue weighted by Crippen LogP contribution is 2.43. The topological polar surface area (TPSA) is 153 Å². The van der Waals surface area contributed by atoms with E-state index in [-0.39, 0.29) is 17.0 Å². The number of carbonyl (C=O) groups is 3. The van der Waals surface area contributed by atoms with E-state index in [1.54, 1.807) is 0 Å². The zero-order valence-electron chi connectivity index (χ0n) is 13.6. The minimum absolute atomic E-state index is 0.0297. The molecule has 6 N–H and O–H groups in total. The van der Waals surface area contributed by atoms with Gasteiger partial charge in [0.2, 0.25) is 5.91 Å². The minimum Gasteiger partial charge on any atom is -0.508 e. The Morgan fingerprint density at radius 1 is 1.31 bits per heavy atom. The SMILES string of the molecule is CC1=C(C(=O)O)N2C(=O)[C@@H](NC(=O)[C@H](N)c3ccc(O)cc3)[C@H]2SC1O. The number of carboxylic acids is 1. The predicted molar refractivity (Wildman–Crippen MR) is 91.5 cm³/mol. The number of rotatable bonds is 4. The Kier molecular flexibility index (Phi) is 4.65. The highest BCUT2D eigenvalue weighted by Gasteiger charge is 2.55. The molecule has 9 nitrogen and oxygen atoms in total. The van der Waals surface area contributed by atoms with Gasteiger partial charge in [-0.25, -0.2) is 4.79 Å². The van der Waals surface area contributed by atoms with Gasteiger partial charge in [0.25, 0.3) is 5.91 Å². The number of thioether (sulfide) groups is 1. The summed E-state index contributed by atoms with van der Waals surface area (Å²) in [4.78, 5) is 37.1. The average molecular weight is 379 g/mol. The van der Waals surface area contributed by atoms with E-state index in [9.17, 15) is 29.7 Å². The summed E-state index contributed by atoms with van der Waals surface area (Å²) in [5, 5.41) is 30.4. The van der Waals surface area contributed by atoms with Crippen LogP contribution in [0.25, 0.3) is 0 Å². The molecular weight excluding hydrogens is 362 g/mol. The fraction of sp³-hybridized carbons (Fsp3) is 0.312. The number of aliphatic hydroxyl groups excluding tert-OH is 1. The third-order valence-corrected chi connectivity index (χ3v) is 5.70. The highest BCUT2D eigenvalue weighted by molar-refractivity contribution is 8.00. The van der Waals surface area contributed by atoms with Crippen molar-refractivity contribution in [2.75, 3.05) is 0 Å². The van der Waals surface area contributed by atoms with Gasteiger partial charge in [-0.1, -0.05) is 23.9 Å². The fourth-order valence-electron chi connectivity index (χ4n) is 2.86. The summed E-state index contributed by atoms with van der Waals surface area (Å²) in [5.74, 6) is -2.47. The van der Waals surface area contributed by atoms with E-state index >= 15 is 0 Å². The van der Waals surface area contributed by atoms with E-state index in [1.807, 2.05) is 0 Å². The quantitative estimate of drug-likeness (QED) is 0.438. The second-order valence-corrected chi connectivity index (χ2v) is 7.18. The van der Waals surface area contributed by atoms with Gasteiger partial charge in [0.1, 0.15) is 34.3 Å². The number of nitrogens with two attached hydrogens (primary N) is 1. The van der Waals surface area contributed by atoms with Gasteiger partial charge < -0.3 is 26.4 Å². The molecule has 1 unspecified atom stereocenters. The number of aliphatic carboxylic acids is 1. The number of amides is 2. The van der Waals surface area contributed by atoms with Crippen LogP contribution >= 0.6 is 11.8 Å². The Bertz CT molecular complexity index is 809. The lowest BCUT2D eigenvalue weighted by Gasteiger charge is -2.50. The van der Waals surface area contributed by atoms with Gasteiger partial charge in [0.05, 0.1) is 0 Å². The number of hydrogen-bond donors (Lipinski definition) is 5. The maximum absolute atomic E-state index is 12.3. The van der Waals surface area contributed by atoms with Crippen LogP contribution in [-0.4, -0.2) is 54.9 Å². The first-order chi connectivity index (χ1) is 12.2. The smallest absolute Gasteiger partial charge is 0.352 e. The Labute approximate surface area is 152 Å². The second-order valence-electron chi connectivity index (χ2n) is 5.98. The number of benzene rings is 1. The average Bonchev–Trinajstić information content (AvgIpc) is 2.61. The minimum atomic E-state index is -1.31. The van der Waals surface area contributed by atoms with Gasteiger partial charge >= 0.3 is 5.97 Å². The van der Waals surface area contributed by atoms with Crippen molar-refractivity contribution in [1.82, 2.24) is 10.2 Å². The first-order valence-corrected chi connectivity index (χ1v) is 8.62. The van der Waals surface area contributed by atoms with Crippen molar-refractivity contribution in [3.63, 3.8) is 0 Å². The van der Waals surface area contributed by atoms with Gasteiger partial charge in [-0.15, -0.1) is 0 Å². The molecular formula is C16H17N3O6S. The lowest BCUT2D eigenvalue weighted by atomic mass is 10.0. The predicted octanol–water partition coefficient (Wildman–Crippen LogP) is -0.531. The number of hydrogen-bond acceptors (Lipinski definition) is 7. The maximum Gasteiger partial charge on any atom is 0.352 e. The Morgan fingerprint density at radius 2 is 1.92 bits per heavy atom. The van der Waals surface area contributed by atoms with Gasteiger partial charge in [-0.3, -0.25) is 14.5 Å². The first-order valence-electron chi connectivity index (χ1n) is 7.68. The fourth-order valence-corrected chi connectivity index (χ4v) is 4.12. The van der Waals surface area contributed by atoms with Crippen LogP contribution in [0.15, 0.2) is 35.5 Å². The molecule has 0 bridgehead atoms. The third kappa shape index (κ3) is 2.91. The molecule has 1 aromatic carbocycles. The number of β-lactam (4-membered cyclic amide) rings is 1. The Hall–Kier alpha value is -2.56. The molecule has 2 aliphatic rings. The van der Waals surface area contributed by atoms with Crippen molar-refractivity contribution in [2.24, 2.45) is 5.73 Å². The molecule has 10 heteroatoms. The molecule has 2 amide bonds. The van der Waals surface area contributed by atoms with Crippen LogP contribution in [0.3, 0.4) is 0 Å². The van der Waals surface area contributed by atoms with Crippen molar-refractivity contribution in [3.8, 4) is 5.75 Å². The third-order valence-electron chi connectivity index (χ3n) is 4.33. The number of phenols is 1. The Morgan fingerprint density at radius 3 is 2.50 bits per heavy atom. The number of carboxylic acid groups (broad SMARTS) is 1. The monoisotopic (exact) mass is 379 g/mol. The summed E-state index contributed by atoms with van der Waals surface area (Å²) in [7, 11) is 0. The van der Waals surface area contributed by atoms with Gasteiger partial charge in [-0.2, -0.15) is 0 Å². The molecule has 2 aliphatic heterocycles. The lowest BCUT2D eigenvalue weighted by molar-refractivity contribution is -0.151. The van der Waals surface area contributed by atoms with E-state index in [1.165, 1.54) is 31.2 Å². The molecule has 0 aromatic heterocycles. The number of phenolic OH excluding ortho intramolecular Hbond substituents is 1. The first kappa shape index (κ1) is 18.2. The normalized spacial score (nSPS) is 26.0. The van der Waals surface area contributed by atoms with E-state index in [2.05, 4.69) is 5.32 Å². The van der Waals surface area contributed by atoms with Crippen molar-refractivity contribution in [2.45, 2.75) is 29.8 Å². The summed E-state index contributed by atoms with van der Waals surface area (Å²) >= 11 is 0.980. The van der Waals surface area contributed by atoms with Gasteiger partial charge in [0, 0.05) is 0 Å².